The number of thiazole rings is 1. The Hall–Kier alpha value is -2.70. The number of methoxy groups -OCH3 is 1. The lowest BCUT2D eigenvalue weighted by atomic mass is 10.2. The van der Waals surface area contributed by atoms with E-state index in [1.54, 1.807) is 7.11 Å². The highest BCUT2D eigenvalue weighted by Crippen LogP contribution is 2.29. The summed E-state index contributed by atoms with van der Waals surface area (Å²) in [6.45, 7) is 3.63. The van der Waals surface area contributed by atoms with Gasteiger partial charge in [0.2, 0.25) is 0 Å². The highest BCUT2D eigenvalue weighted by Gasteiger charge is 2.15. The Kier molecular flexibility index (Phi) is 7.17. The molecule has 1 N–H and O–H groups in total. The molecule has 146 valence electrons. The molecule has 0 fully saturated rings. The maximum absolute atomic E-state index is 12.5. The zero-order valence-corrected chi connectivity index (χ0v) is 16.9. The molecule has 1 aromatic heterocycles. The first-order valence-electron chi connectivity index (χ1n) is 9.19. The molecule has 0 spiro atoms. The molecule has 5 nitrogen and oxygen atoms in total. The van der Waals surface area contributed by atoms with Crippen molar-refractivity contribution in [3.05, 3.63) is 70.7 Å². The van der Waals surface area contributed by atoms with Crippen molar-refractivity contribution in [1.82, 2.24) is 10.3 Å². The summed E-state index contributed by atoms with van der Waals surface area (Å²) in [4.78, 5) is 17.7. The maximum Gasteiger partial charge on any atom is 0.263 e. The molecule has 6 heteroatoms. The van der Waals surface area contributed by atoms with Gasteiger partial charge in [-0.1, -0.05) is 30.3 Å². The average Bonchev–Trinajstić information content (AvgIpc) is 3.13. The normalized spacial score (nSPS) is 10.6. The number of nitrogens with one attached hydrogen (secondary N) is 1. The van der Waals surface area contributed by atoms with Crippen LogP contribution in [0.25, 0.3) is 10.6 Å². The topological polar surface area (TPSA) is 60.5 Å². The minimum Gasteiger partial charge on any atom is -0.497 e. The van der Waals surface area contributed by atoms with E-state index in [1.165, 1.54) is 11.3 Å². The number of carbonyl (C=O) groups is 1. The molecule has 0 aliphatic heterocycles. The van der Waals surface area contributed by atoms with E-state index in [0.29, 0.717) is 24.6 Å². The fourth-order valence-electron chi connectivity index (χ4n) is 2.68. The first-order valence-corrected chi connectivity index (χ1v) is 10.0. The lowest BCUT2D eigenvalue weighted by Crippen LogP contribution is -2.25. The molecule has 28 heavy (non-hydrogen) atoms. The van der Waals surface area contributed by atoms with E-state index in [-0.39, 0.29) is 5.91 Å². The number of rotatable bonds is 9. The minimum atomic E-state index is -0.0854. The van der Waals surface area contributed by atoms with Crippen LogP contribution in [0, 0.1) is 6.92 Å². The Morgan fingerprint density at radius 2 is 1.86 bits per heavy atom. The van der Waals surface area contributed by atoms with Crippen LogP contribution >= 0.6 is 11.3 Å². The molecule has 1 amide bonds. The van der Waals surface area contributed by atoms with E-state index in [4.69, 9.17) is 9.47 Å². The molecule has 0 unspecified atom stereocenters. The Labute approximate surface area is 169 Å². The van der Waals surface area contributed by atoms with E-state index < -0.39 is 0 Å². The van der Waals surface area contributed by atoms with Gasteiger partial charge in [-0.05, 0) is 43.2 Å². The third kappa shape index (κ3) is 5.41. The fourth-order valence-corrected chi connectivity index (χ4v) is 3.67. The number of aryl methyl sites for hydroxylation is 1. The number of benzene rings is 2. The van der Waals surface area contributed by atoms with Crippen molar-refractivity contribution >= 4 is 17.2 Å². The molecule has 0 saturated carbocycles. The zero-order valence-electron chi connectivity index (χ0n) is 16.1. The Balaban J connectivity index is 1.45. The molecular weight excluding hydrogens is 372 g/mol. The monoisotopic (exact) mass is 396 g/mol. The van der Waals surface area contributed by atoms with Crippen molar-refractivity contribution in [3.63, 3.8) is 0 Å². The van der Waals surface area contributed by atoms with Crippen LogP contribution in [-0.2, 0) is 11.3 Å². The number of hydrogen-bond donors (Lipinski definition) is 1. The summed E-state index contributed by atoms with van der Waals surface area (Å²) in [5, 5.41) is 3.78. The van der Waals surface area contributed by atoms with Gasteiger partial charge in [-0.15, -0.1) is 11.3 Å². The summed E-state index contributed by atoms with van der Waals surface area (Å²) in [5.74, 6) is 0.710. The highest BCUT2D eigenvalue weighted by molar-refractivity contribution is 7.17. The first-order chi connectivity index (χ1) is 13.7. The second-order valence-corrected chi connectivity index (χ2v) is 7.31. The first kappa shape index (κ1) is 20.0. The van der Waals surface area contributed by atoms with Gasteiger partial charge in [-0.2, -0.15) is 0 Å². The van der Waals surface area contributed by atoms with Crippen LogP contribution in [0.5, 0.6) is 5.75 Å². The Morgan fingerprint density at radius 3 is 2.57 bits per heavy atom. The molecule has 3 rings (SSSR count). The summed E-state index contributed by atoms with van der Waals surface area (Å²) < 4.78 is 10.8. The molecule has 0 radical (unpaired) electrons. The van der Waals surface area contributed by atoms with Gasteiger partial charge >= 0.3 is 0 Å². The summed E-state index contributed by atoms with van der Waals surface area (Å²) in [6.07, 6.45) is 0.766. The van der Waals surface area contributed by atoms with Gasteiger partial charge in [0.25, 0.3) is 5.91 Å². The van der Waals surface area contributed by atoms with Crippen molar-refractivity contribution in [2.45, 2.75) is 20.0 Å². The van der Waals surface area contributed by atoms with Gasteiger partial charge in [0.15, 0.2) is 0 Å². The molecule has 0 aliphatic carbocycles. The van der Waals surface area contributed by atoms with Gasteiger partial charge in [-0.25, -0.2) is 4.98 Å². The standard InChI is InChI=1S/C22H24N2O3S/c1-16-20(28-22(24-16)18-9-11-19(26-2)12-10-18)21(25)23-13-6-14-27-15-17-7-4-3-5-8-17/h3-5,7-12H,6,13-15H2,1-2H3,(H,23,25). The van der Waals surface area contributed by atoms with Gasteiger partial charge in [-0.3, -0.25) is 4.79 Å². The molecule has 1 heterocycles. The van der Waals surface area contributed by atoms with Crippen LogP contribution in [0.1, 0.15) is 27.3 Å². The number of hydrogen-bond acceptors (Lipinski definition) is 5. The second-order valence-electron chi connectivity index (χ2n) is 6.31. The summed E-state index contributed by atoms with van der Waals surface area (Å²) >= 11 is 1.40. The van der Waals surface area contributed by atoms with Crippen LogP contribution in [0.3, 0.4) is 0 Å². The number of nitrogens with zero attached hydrogens (tertiary/aromatic N) is 1. The molecule has 0 saturated heterocycles. The quantitative estimate of drug-likeness (QED) is 0.542. The largest absolute Gasteiger partial charge is 0.497 e. The van der Waals surface area contributed by atoms with Gasteiger partial charge in [0, 0.05) is 18.7 Å². The predicted molar refractivity (Wildman–Crippen MR) is 112 cm³/mol. The molecule has 0 aliphatic rings. The third-order valence-corrected chi connectivity index (χ3v) is 5.41. The van der Waals surface area contributed by atoms with E-state index in [1.807, 2.05) is 61.5 Å². The minimum absolute atomic E-state index is 0.0854. The van der Waals surface area contributed by atoms with Crippen molar-refractivity contribution in [3.8, 4) is 16.3 Å². The van der Waals surface area contributed by atoms with E-state index >= 15 is 0 Å². The van der Waals surface area contributed by atoms with Crippen molar-refractivity contribution in [2.75, 3.05) is 20.3 Å². The second kappa shape index (κ2) is 10.0. The fraction of sp³-hybridized carbons (Fsp3) is 0.273. The van der Waals surface area contributed by atoms with Gasteiger partial charge < -0.3 is 14.8 Å². The van der Waals surface area contributed by atoms with Crippen LogP contribution in [-0.4, -0.2) is 31.2 Å². The SMILES string of the molecule is COc1ccc(-c2nc(C)c(C(=O)NCCCOCc3ccccc3)s2)cc1. The summed E-state index contributed by atoms with van der Waals surface area (Å²) in [5.41, 5.74) is 2.87. The van der Waals surface area contributed by atoms with Crippen molar-refractivity contribution in [2.24, 2.45) is 0 Å². The van der Waals surface area contributed by atoms with E-state index in [0.717, 1.165) is 34.0 Å². The molecule has 0 bridgehead atoms. The smallest absolute Gasteiger partial charge is 0.263 e. The van der Waals surface area contributed by atoms with Gasteiger partial charge in [0.1, 0.15) is 15.6 Å². The predicted octanol–water partition coefficient (Wildman–Crippen LogP) is 4.46. The van der Waals surface area contributed by atoms with Crippen LogP contribution < -0.4 is 10.1 Å². The lowest BCUT2D eigenvalue weighted by Gasteiger charge is -2.06. The highest BCUT2D eigenvalue weighted by atomic mass is 32.1. The number of aromatic nitrogens is 1. The summed E-state index contributed by atoms with van der Waals surface area (Å²) in [7, 11) is 1.64. The van der Waals surface area contributed by atoms with Crippen LogP contribution in [0.15, 0.2) is 54.6 Å². The van der Waals surface area contributed by atoms with Gasteiger partial charge in [0.05, 0.1) is 19.4 Å². The van der Waals surface area contributed by atoms with E-state index in [9.17, 15) is 4.79 Å². The Morgan fingerprint density at radius 1 is 1.11 bits per heavy atom. The van der Waals surface area contributed by atoms with Crippen molar-refractivity contribution in [1.29, 1.82) is 0 Å². The number of ether oxygens (including phenoxy) is 2. The van der Waals surface area contributed by atoms with E-state index in [2.05, 4.69) is 10.3 Å². The molecular formula is C22H24N2O3S. The van der Waals surface area contributed by atoms with Crippen LogP contribution in [0.4, 0.5) is 0 Å². The third-order valence-electron chi connectivity index (χ3n) is 4.20. The Bertz CT molecular complexity index is 892. The average molecular weight is 397 g/mol. The number of amides is 1. The number of carbonyl (C=O) groups excluding carboxylic acids is 1. The zero-order chi connectivity index (χ0) is 19.8. The molecule has 0 atom stereocenters. The van der Waals surface area contributed by atoms with Crippen LogP contribution in [0.2, 0.25) is 0 Å². The van der Waals surface area contributed by atoms with Crippen molar-refractivity contribution < 1.29 is 14.3 Å². The lowest BCUT2D eigenvalue weighted by molar-refractivity contribution is 0.0937. The molecule has 2 aromatic carbocycles. The maximum atomic E-state index is 12.5. The molecule has 3 aromatic rings. The summed E-state index contributed by atoms with van der Waals surface area (Å²) in [6, 6.07) is 17.7.